The number of carbonyl (C=O) groups is 1. The van der Waals surface area contributed by atoms with E-state index in [1.165, 1.54) is 6.33 Å². The lowest BCUT2D eigenvalue weighted by Crippen LogP contribution is -2.27. The van der Waals surface area contributed by atoms with Gasteiger partial charge in [0, 0.05) is 0 Å². The molecule has 1 aromatic heterocycles. The van der Waals surface area contributed by atoms with Crippen LogP contribution in [-0.2, 0) is 11.3 Å². The molecule has 17 heavy (non-hydrogen) atoms. The van der Waals surface area contributed by atoms with Crippen LogP contribution in [-0.4, -0.2) is 21.1 Å². The van der Waals surface area contributed by atoms with Crippen LogP contribution < -0.4 is 5.32 Å². The average Bonchev–Trinajstić information content (AvgIpc) is 2.89. The number of benzene rings is 1. The van der Waals surface area contributed by atoms with Crippen molar-refractivity contribution >= 4 is 5.91 Å². The van der Waals surface area contributed by atoms with Crippen LogP contribution in [0.2, 0.25) is 0 Å². The first-order valence-electron chi connectivity index (χ1n) is 5.44. The monoisotopic (exact) mass is 230 g/mol. The summed E-state index contributed by atoms with van der Waals surface area (Å²) in [5.74, 6) is 0.463. The van der Waals surface area contributed by atoms with Crippen molar-refractivity contribution in [2.45, 2.75) is 19.4 Å². The molecule has 5 heteroatoms. The Hall–Kier alpha value is -2.17. The largest absolute Gasteiger partial charge is 0.348 e. The summed E-state index contributed by atoms with van der Waals surface area (Å²) in [4.78, 5) is 15.8. The molecule has 2 N–H and O–H groups in total. The number of nitrogens with zero attached hydrogens (tertiary/aromatic N) is 2. The predicted octanol–water partition coefficient (Wildman–Crippen LogP) is 1.22. The molecule has 0 aliphatic carbocycles. The van der Waals surface area contributed by atoms with Gasteiger partial charge >= 0.3 is 0 Å². The van der Waals surface area contributed by atoms with Gasteiger partial charge in [0.1, 0.15) is 12.2 Å². The molecule has 0 spiro atoms. The summed E-state index contributed by atoms with van der Waals surface area (Å²) in [6, 6.07) is 9.67. The molecular weight excluding hydrogens is 216 g/mol. The molecular formula is C12H14N4O. The van der Waals surface area contributed by atoms with Gasteiger partial charge in [0.05, 0.1) is 12.5 Å². The Morgan fingerprint density at radius 1 is 1.41 bits per heavy atom. The van der Waals surface area contributed by atoms with E-state index in [9.17, 15) is 4.79 Å². The third-order valence-electron chi connectivity index (χ3n) is 2.59. The molecule has 0 radical (unpaired) electrons. The molecule has 0 bridgehead atoms. The first kappa shape index (κ1) is 11.3. The molecule has 5 nitrogen and oxygen atoms in total. The van der Waals surface area contributed by atoms with Crippen molar-refractivity contribution in [1.29, 1.82) is 0 Å². The van der Waals surface area contributed by atoms with Gasteiger partial charge in [-0.2, -0.15) is 5.10 Å². The summed E-state index contributed by atoms with van der Waals surface area (Å²) < 4.78 is 0. The van der Waals surface area contributed by atoms with Crippen molar-refractivity contribution < 1.29 is 4.79 Å². The third-order valence-corrected chi connectivity index (χ3v) is 2.59. The minimum Gasteiger partial charge on any atom is -0.348 e. The van der Waals surface area contributed by atoms with Gasteiger partial charge in [-0.05, 0) is 12.5 Å². The molecule has 2 aromatic rings. The first-order valence-corrected chi connectivity index (χ1v) is 5.44. The maximum atomic E-state index is 11.9. The van der Waals surface area contributed by atoms with E-state index in [1.807, 2.05) is 37.3 Å². The lowest BCUT2D eigenvalue weighted by Gasteiger charge is -2.11. The zero-order valence-corrected chi connectivity index (χ0v) is 9.55. The second kappa shape index (κ2) is 5.25. The number of carbonyl (C=O) groups excluding carboxylic acids is 1. The van der Waals surface area contributed by atoms with Crippen LogP contribution in [0.3, 0.4) is 0 Å². The van der Waals surface area contributed by atoms with E-state index in [1.54, 1.807) is 0 Å². The Morgan fingerprint density at radius 2 is 2.18 bits per heavy atom. The number of hydrogen-bond donors (Lipinski definition) is 2. The van der Waals surface area contributed by atoms with E-state index in [0.717, 1.165) is 5.56 Å². The Morgan fingerprint density at radius 3 is 2.82 bits per heavy atom. The highest BCUT2D eigenvalue weighted by atomic mass is 16.1. The minimum atomic E-state index is -0.167. The Balaban J connectivity index is 1.92. The van der Waals surface area contributed by atoms with Crippen LogP contribution in [0.5, 0.6) is 0 Å². The van der Waals surface area contributed by atoms with E-state index in [4.69, 9.17) is 0 Å². The smallest absolute Gasteiger partial charge is 0.227 e. The van der Waals surface area contributed by atoms with Crippen LogP contribution >= 0.6 is 0 Å². The lowest BCUT2D eigenvalue weighted by atomic mass is 10.0. The molecule has 1 heterocycles. The molecule has 1 atom stereocenters. The number of hydrogen-bond acceptors (Lipinski definition) is 3. The van der Waals surface area contributed by atoms with Gasteiger partial charge in [0.15, 0.2) is 0 Å². The van der Waals surface area contributed by atoms with Crippen molar-refractivity contribution in [3.63, 3.8) is 0 Å². The van der Waals surface area contributed by atoms with Gasteiger partial charge in [-0.25, -0.2) is 4.98 Å². The van der Waals surface area contributed by atoms with Crippen LogP contribution in [0.4, 0.5) is 0 Å². The molecule has 88 valence electrons. The van der Waals surface area contributed by atoms with Crippen molar-refractivity contribution in [2.24, 2.45) is 0 Å². The fourth-order valence-corrected chi connectivity index (χ4v) is 1.53. The second-order valence-corrected chi connectivity index (χ2v) is 3.78. The van der Waals surface area contributed by atoms with Crippen LogP contribution in [0.15, 0.2) is 36.7 Å². The standard InChI is InChI=1S/C12H14N4O/c1-9(10-5-3-2-4-6-10)12(17)13-7-11-14-8-15-16-11/h2-6,8-9H,7H2,1H3,(H,13,17)(H,14,15,16). The molecule has 0 saturated carbocycles. The molecule has 0 aliphatic rings. The van der Waals surface area contributed by atoms with E-state index in [-0.39, 0.29) is 11.8 Å². The number of aromatic amines is 1. The van der Waals surface area contributed by atoms with Gasteiger partial charge in [0.2, 0.25) is 5.91 Å². The molecule has 1 amide bonds. The van der Waals surface area contributed by atoms with Crippen molar-refractivity contribution in [2.75, 3.05) is 0 Å². The Labute approximate surface area is 99.3 Å². The van der Waals surface area contributed by atoms with E-state index < -0.39 is 0 Å². The number of rotatable bonds is 4. The predicted molar refractivity (Wildman–Crippen MR) is 63.1 cm³/mol. The number of H-pyrrole nitrogens is 1. The van der Waals surface area contributed by atoms with E-state index in [2.05, 4.69) is 20.5 Å². The van der Waals surface area contributed by atoms with Crippen molar-refractivity contribution in [3.8, 4) is 0 Å². The van der Waals surface area contributed by atoms with Crippen LogP contribution in [0.1, 0.15) is 24.2 Å². The fraction of sp³-hybridized carbons (Fsp3) is 0.250. The summed E-state index contributed by atoms with van der Waals surface area (Å²) in [6.07, 6.45) is 1.42. The molecule has 0 aliphatic heterocycles. The first-order chi connectivity index (χ1) is 8.27. The molecule has 1 unspecified atom stereocenters. The summed E-state index contributed by atoms with van der Waals surface area (Å²) in [7, 11) is 0. The van der Waals surface area contributed by atoms with Gasteiger partial charge < -0.3 is 5.32 Å². The maximum absolute atomic E-state index is 11.9. The SMILES string of the molecule is CC(C(=O)NCc1ncn[nH]1)c1ccccc1. The third kappa shape index (κ3) is 2.90. The van der Waals surface area contributed by atoms with Gasteiger partial charge in [0.25, 0.3) is 0 Å². The topological polar surface area (TPSA) is 70.7 Å². The van der Waals surface area contributed by atoms with E-state index >= 15 is 0 Å². The molecule has 1 aromatic carbocycles. The molecule has 0 saturated heterocycles. The van der Waals surface area contributed by atoms with Gasteiger partial charge in [-0.15, -0.1) is 0 Å². The zero-order valence-electron chi connectivity index (χ0n) is 9.55. The Kier molecular flexibility index (Phi) is 3.49. The van der Waals surface area contributed by atoms with Crippen molar-refractivity contribution in [3.05, 3.63) is 48.0 Å². The molecule has 0 fully saturated rings. The quantitative estimate of drug-likeness (QED) is 0.829. The highest BCUT2D eigenvalue weighted by Gasteiger charge is 2.14. The second-order valence-electron chi connectivity index (χ2n) is 3.78. The number of nitrogens with one attached hydrogen (secondary N) is 2. The molecule has 2 rings (SSSR count). The summed E-state index contributed by atoms with van der Waals surface area (Å²) in [5.41, 5.74) is 1.00. The number of aromatic nitrogens is 3. The van der Waals surface area contributed by atoms with Crippen LogP contribution in [0.25, 0.3) is 0 Å². The highest BCUT2D eigenvalue weighted by Crippen LogP contribution is 2.14. The normalized spacial score (nSPS) is 12.1. The average molecular weight is 230 g/mol. The summed E-state index contributed by atoms with van der Waals surface area (Å²) in [5, 5.41) is 9.22. The zero-order chi connectivity index (χ0) is 12.1. The maximum Gasteiger partial charge on any atom is 0.227 e. The van der Waals surface area contributed by atoms with Gasteiger partial charge in [-0.3, -0.25) is 9.89 Å². The minimum absolute atomic E-state index is 0.0207. The van der Waals surface area contributed by atoms with Crippen LogP contribution in [0, 0.1) is 0 Å². The lowest BCUT2D eigenvalue weighted by molar-refractivity contribution is -0.122. The van der Waals surface area contributed by atoms with Gasteiger partial charge in [-0.1, -0.05) is 30.3 Å². The fourth-order valence-electron chi connectivity index (χ4n) is 1.53. The van der Waals surface area contributed by atoms with E-state index in [0.29, 0.717) is 12.4 Å². The Bertz CT molecular complexity index is 467. The summed E-state index contributed by atoms with van der Waals surface area (Å²) in [6.45, 7) is 2.25. The number of amides is 1. The van der Waals surface area contributed by atoms with Crippen molar-refractivity contribution in [1.82, 2.24) is 20.5 Å². The summed E-state index contributed by atoms with van der Waals surface area (Å²) >= 11 is 0. The highest BCUT2D eigenvalue weighted by molar-refractivity contribution is 5.83.